The van der Waals surface area contributed by atoms with Crippen molar-refractivity contribution < 1.29 is 14.0 Å². The second-order valence-electron chi connectivity index (χ2n) is 8.22. The molecule has 0 radical (unpaired) electrons. The molecule has 1 aliphatic rings. The molecule has 8 heteroatoms. The van der Waals surface area contributed by atoms with Crippen molar-refractivity contribution in [2.24, 2.45) is 5.92 Å². The van der Waals surface area contributed by atoms with Crippen LogP contribution in [0.5, 0.6) is 0 Å². The highest BCUT2D eigenvalue weighted by atomic mass is 32.2. The first-order valence-electron chi connectivity index (χ1n) is 10.7. The maximum atomic E-state index is 13.3. The number of hydrogen-bond donors (Lipinski definition) is 0. The zero-order valence-electron chi connectivity index (χ0n) is 17.7. The number of aromatic nitrogens is 3. The van der Waals surface area contributed by atoms with Gasteiger partial charge >= 0.3 is 0 Å². The lowest BCUT2D eigenvalue weighted by molar-refractivity contribution is -0.122. The number of amides is 1. The van der Waals surface area contributed by atoms with Crippen molar-refractivity contribution in [1.82, 2.24) is 20.1 Å². The second kappa shape index (κ2) is 11.2. The molecule has 2 heterocycles. The Balaban J connectivity index is 1.72. The van der Waals surface area contributed by atoms with E-state index in [4.69, 9.17) is 4.42 Å². The van der Waals surface area contributed by atoms with Gasteiger partial charge in [-0.3, -0.25) is 14.6 Å². The van der Waals surface area contributed by atoms with Gasteiger partial charge in [-0.1, -0.05) is 51.3 Å². The van der Waals surface area contributed by atoms with E-state index < -0.39 is 6.04 Å². The monoisotopic (exact) mass is 430 g/mol. The first kappa shape index (κ1) is 22.5. The molecule has 1 saturated carbocycles. The topological polar surface area (TPSA) is 89.2 Å². The van der Waals surface area contributed by atoms with E-state index in [0.717, 1.165) is 37.7 Å². The van der Waals surface area contributed by atoms with Gasteiger partial charge in [0.15, 0.2) is 0 Å². The number of carbonyl (C=O) groups excluding carboxylic acids is 2. The van der Waals surface area contributed by atoms with Gasteiger partial charge < -0.3 is 9.32 Å². The zero-order chi connectivity index (χ0) is 21.3. The summed E-state index contributed by atoms with van der Waals surface area (Å²) < 4.78 is 5.67. The normalized spacial score (nSPS) is 16.2. The Labute approximate surface area is 182 Å². The van der Waals surface area contributed by atoms with Crippen LogP contribution in [0, 0.1) is 5.92 Å². The predicted molar refractivity (Wildman–Crippen MR) is 115 cm³/mol. The fourth-order valence-electron chi connectivity index (χ4n) is 3.91. The average Bonchev–Trinajstić information content (AvgIpc) is 3.07. The Hall–Kier alpha value is -2.22. The van der Waals surface area contributed by atoms with Crippen LogP contribution in [-0.2, 0) is 10.5 Å². The van der Waals surface area contributed by atoms with E-state index in [2.05, 4.69) is 29.0 Å². The molecule has 162 valence electrons. The molecule has 1 fully saturated rings. The van der Waals surface area contributed by atoms with Crippen molar-refractivity contribution in [3.05, 3.63) is 36.0 Å². The van der Waals surface area contributed by atoms with Crippen LogP contribution in [0.4, 0.5) is 0 Å². The highest BCUT2D eigenvalue weighted by Gasteiger charge is 2.34. The van der Waals surface area contributed by atoms with E-state index >= 15 is 0 Å². The molecule has 1 amide bonds. The standard InChI is InChI=1S/C22H30N4O3S/c1-16(2)13-19(26(15-27)18-7-5-3-4-6-8-18)20(28)21-24-25-22(29-21)30-14-17-9-11-23-12-10-17/h9-12,15-16,18-19H,3-8,13-14H2,1-2H3/t19-/m0/s1. The largest absolute Gasteiger partial charge is 0.408 e. The molecule has 2 aromatic rings. The Morgan fingerprint density at radius 1 is 1.20 bits per heavy atom. The molecule has 1 aliphatic carbocycles. The summed E-state index contributed by atoms with van der Waals surface area (Å²) in [6.45, 7) is 4.11. The van der Waals surface area contributed by atoms with Gasteiger partial charge in [0.25, 0.3) is 11.1 Å². The lowest BCUT2D eigenvalue weighted by atomic mass is 9.95. The van der Waals surface area contributed by atoms with E-state index in [1.807, 2.05) is 12.1 Å². The number of ketones is 1. The average molecular weight is 431 g/mol. The van der Waals surface area contributed by atoms with Crippen molar-refractivity contribution in [2.75, 3.05) is 0 Å². The highest BCUT2D eigenvalue weighted by Crippen LogP contribution is 2.27. The fourth-order valence-corrected chi connectivity index (χ4v) is 4.63. The summed E-state index contributed by atoms with van der Waals surface area (Å²) in [7, 11) is 0. The summed E-state index contributed by atoms with van der Waals surface area (Å²) in [5.41, 5.74) is 1.08. The second-order valence-corrected chi connectivity index (χ2v) is 9.15. The number of rotatable bonds is 10. The Morgan fingerprint density at radius 2 is 1.90 bits per heavy atom. The molecule has 30 heavy (non-hydrogen) atoms. The summed E-state index contributed by atoms with van der Waals surface area (Å²) in [4.78, 5) is 31.0. The van der Waals surface area contributed by atoms with Crippen molar-refractivity contribution in [3.63, 3.8) is 0 Å². The van der Waals surface area contributed by atoms with Gasteiger partial charge in [-0.05, 0) is 42.9 Å². The molecular weight excluding hydrogens is 400 g/mol. The summed E-state index contributed by atoms with van der Waals surface area (Å²) in [6, 6.07) is 3.37. The molecule has 0 saturated heterocycles. The van der Waals surface area contributed by atoms with Crippen molar-refractivity contribution >= 4 is 24.0 Å². The smallest absolute Gasteiger partial charge is 0.286 e. The summed E-state index contributed by atoms with van der Waals surface area (Å²) in [5, 5.41) is 8.38. The third-order valence-electron chi connectivity index (χ3n) is 5.45. The lowest BCUT2D eigenvalue weighted by Gasteiger charge is -2.34. The van der Waals surface area contributed by atoms with Crippen molar-refractivity contribution in [2.45, 2.75) is 81.9 Å². The molecular formula is C22H30N4O3S. The molecule has 0 N–H and O–H groups in total. The van der Waals surface area contributed by atoms with Crippen LogP contribution >= 0.6 is 11.8 Å². The fraction of sp³-hybridized carbons (Fsp3) is 0.591. The number of Topliss-reactive ketones (excluding diaryl/α,β-unsaturated/α-hetero) is 1. The van der Waals surface area contributed by atoms with Crippen LogP contribution < -0.4 is 0 Å². The highest BCUT2D eigenvalue weighted by molar-refractivity contribution is 7.98. The summed E-state index contributed by atoms with van der Waals surface area (Å²) in [6.07, 6.45) is 11.3. The number of carbonyl (C=O) groups is 2. The SMILES string of the molecule is CC(C)C[C@@H](C(=O)c1nnc(SCc2ccncc2)o1)N(C=O)C1CCCCCC1. The first-order valence-corrected chi connectivity index (χ1v) is 11.7. The maximum Gasteiger partial charge on any atom is 0.286 e. The van der Waals surface area contributed by atoms with Crippen LogP contribution in [0.25, 0.3) is 0 Å². The third kappa shape index (κ3) is 6.14. The van der Waals surface area contributed by atoms with Crippen LogP contribution in [0.1, 0.15) is 75.0 Å². The Bertz CT molecular complexity index is 804. The van der Waals surface area contributed by atoms with Crippen LogP contribution in [-0.4, -0.2) is 44.4 Å². The first-order chi connectivity index (χ1) is 14.6. The van der Waals surface area contributed by atoms with Crippen LogP contribution in [0.15, 0.2) is 34.2 Å². The van der Waals surface area contributed by atoms with Gasteiger partial charge in [0.1, 0.15) is 6.04 Å². The molecule has 0 spiro atoms. The maximum absolute atomic E-state index is 13.3. The van der Waals surface area contributed by atoms with Gasteiger partial charge in [0.05, 0.1) is 0 Å². The zero-order valence-corrected chi connectivity index (χ0v) is 18.5. The minimum atomic E-state index is -0.566. The van der Waals surface area contributed by atoms with Gasteiger partial charge in [0.2, 0.25) is 12.2 Å². The summed E-state index contributed by atoms with van der Waals surface area (Å²) in [5.74, 6) is 0.633. The molecule has 2 aromatic heterocycles. The minimum absolute atomic E-state index is 0.0154. The third-order valence-corrected chi connectivity index (χ3v) is 6.34. The van der Waals surface area contributed by atoms with Gasteiger partial charge in [-0.2, -0.15) is 0 Å². The quantitative estimate of drug-likeness (QED) is 0.237. The molecule has 3 rings (SSSR count). The molecule has 0 aromatic carbocycles. The molecule has 0 unspecified atom stereocenters. The molecule has 7 nitrogen and oxygen atoms in total. The Morgan fingerprint density at radius 3 is 2.53 bits per heavy atom. The van der Waals surface area contributed by atoms with Gasteiger partial charge in [-0.25, -0.2) is 0 Å². The van der Waals surface area contributed by atoms with Crippen molar-refractivity contribution in [1.29, 1.82) is 0 Å². The minimum Gasteiger partial charge on any atom is -0.408 e. The van der Waals surface area contributed by atoms with Crippen LogP contribution in [0.3, 0.4) is 0 Å². The van der Waals surface area contributed by atoms with Crippen LogP contribution in [0.2, 0.25) is 0 Å². The van der Waals surface area contributed by atoms with Gasteiger partial charge in [0, 0.05) is 24.2 Å². The number of thioether (sulfide) groups is 1. The van der Waals surface area contributed by atoms with E-state index in [1.165, 1.54) is 24.6 Å². The number of nitrogens with zero attached hydrogens (tertiary/aromatic N) is 4. The molecule has 0 aliphatic heterocycles. The van der Waals surface area contributed by atoms with Crippen molar-refractivity contribution in [3.8, 4) is 0 Å². The van der Waals surface area contributed by atoms with E-state index in [-0.39, 0.29) is 23.6 Å². The number of pyridine rings is 1. The van der Waals surface area contributed by atoms with E-state index in [9.17, 15) is 9.59 Å². The summed E-state index contributed by atoms with van der Waals surface area (Å²) >= 11 is 1.38. The van der Waals surface area contributed by atoms with E-state index in [0.29, 0.717) is 17.4 Å². The predicted octanol–water partition coefficient (Wildman–Crippen LogP) is 4.54. The number of hydrogen-bond acceptors (Lipinski definition) is 7. The van der Waals surface area contributed by atoms with Gasteiger partial charge in [-0.15, -0.1) is 10.2 Å². The Kier molecular flexibility index (Phi) is 8.42. The van der Waals surface area contributed by atoms with E-state index in [1.54, 1.807) is 17.3 Å². The molecule has 0 bridgehead atoms. The lowest BCUT2D eigenvalue weighted by Crippen LogP contribution is -2.47. The molecule has 1 atom stereocenters.